The number of aliphatic hydroxyl groups is 1. The molecule has 0 saturated heterocycles. The summed E-state index contributed by atoms with van der Waals surface area (Å²) >= 11 is 1.90. The fourth-order valence-electron chi connectivity index (χ4n) is 1.33. The summed E-state index contributed by atoms with van der Waals surface area (Å²) < 4.78 is 0. The first-order chi connectivity index (χ1) is 6.47. The van der Waals surface area contributed by atoms with Crippen molar-refractivity contribution >= 4 is 11.8 Å². The second kappa shape index (κ2) is 7.36. The number of hydrogen-bond donors (Lipinski definition) is 1. The number of hydrogen-bond acceptors (Lipinski definition) is 2. The fourth-order valence-corrected chi connectivity index (χ4v) is 2.11. The highest BCUT2D eigenvalue weighted by molar-refractivity contribution is 8.00. The van der Waals surface area contributed by atoms with Crippen LogP contribution in [-0.4, -0.2) is 22.7 Å². The first kappa shape index (κ1) is 14.1. The second-order valence-electron chi connectivity index (χ2n) is 4.53. The quantitative estimate of drug-likeness (QED) is 0.659. The van der Waals surface area contributed by atoms with Gasteiger partial charge >= 0.3 is 0 Å². The van der Waals surface area contributed by atoms with Crippen molar-refractivity contribution in [2.24, 2.45) is 11.8 Å². The number of aliphatic hydroxyl groups excluding tert-OH is 1. The van der Waals surface area contributed by atoms with Gasteiger partial charge in [0, 0.05) is 18.3 Å². The summed E-state index contributed by atoms with van der Waals surface area (Å²) in [6.45, 7) is 13.1. The Hall–Kier alpha value is 0.0500. The summed E-state index contributed by atoms with van der Waals surface area (Å²) in [6.07, 6.45) is 1.05. The molecule has 0 aliphatic heterocycles. The standard InChI is InChI=1S/C12H24OS/c1-9(2)6-12(7-13)11(5)8-14-10(3)4/h9-10,12-13H,5-8H2,1-4H3. The van der Waals surface area contributed by atoms with Crippen molar-refractivity contribution in [3.63, 3.8) is 0 Å². The highest BCUT2D eigenvalue weighted by Gasteiger charge is 2.13. The highest BCUT2D eigenvalue weighted by atomic mass is 32.2. The molecule has 1 atom stereocenters. The Labute approximate surface area is 93.0 Å². The van der Waals surface area contributed by atoms with Gasteiger partial charge in [-0.25, -0.2) is 0 Å². The van der Waals surface area contributed by atoms with E-state index in [4.69, 9.17) is 0 Å². The van der Waals surface area contributed by atoms with E-state index in [9.17, 15) is 5.11 Å². The summed E-state index contributed by atoms with van der Waals surface area (Å²) in [5, 5.41) is 9.88. The van der Waals surface area contributed by atoms with Gasteiger partial charge in [0.05, 0.1) is 0 Å². The molecule has 1 N–H and O–H groups in total. The molecule has 0 aliphatic rings. The monoisotopic (exact) mass is 216 g/mol. The fraction of sp³-hybridized carbons (Fsp3) is 0.833. The van der Waals surface area contributed by atoms with Crippen LogP contribution in [0.5, 0.6) is 0 Å². The lowest BCUT2D eigenvalue weighted by molar-refractivity contribution is 0.228. The van der Waals surface area contributed by atoms with Crippen LogP contribution >= 0.6 is 11.8 Å². The first-order valence-electron chi connectivity index (χ1n) is 5.37. The predicted molar refractivity (Wildman–Crippen MR) is 66.8 cm³/mol. The summed E-state index contributed by atoms with van der Waals surface area (Å²) in [5.41, 5.74) is 1.19. The average molecular weight is 216 g/mol. The molecule has 0 aromatic carbocycles. The number of thioether (sulfide) groups is 1. The van der Waals surface area contributed by atoms with Gasteiger partial charge < -0.3 is 5.11 Å². The molecular weight excluding hydrogens is 192 g/mol. The normalized spacial score (nSPS) is 13.6. The second-order valence-corrected chi connectivity index (χ2v) is 6.09. The molecule has 0 aromatic rings. The molecule has 0 heterocycles. The molecule has 2 heteroatoms. The molecular formula is C12H24OS. The van der Waals surface area contributed by atoms with E-state index in [1.165, 1.54) is 5.57 Å². The van der Waals surface area contributed by atoms with E-state index in [2.05, 4.69) is 34.3 Å². The van der Waals surface area contributed by atoms with Gasteiger partial charge in [0.1, 0.15) is 0 Å². The molecule has 0 radical (unpaired) electrons. The molecule has 0 aromatic heterocycles. The van der Waals surface area contributed by atoms with Crippen LogP contribution in [0.3, 0.4) is 0 Å². The first-order valence-corrected chi connectivity index (χ1v) is 6.42. The van der Waals surface area contributed by atoms with Crippen molar-refractivity contribution in [3.8, 4) is 0 Å². The molecule has 1 nitrogen and oxygen atoms in total. The van der Waals surface area contributed by atoms with Crippen LogP contribution in [0.15, 0.2) is 12.2 Å². The molecule has 0 saturated carbocycles. The van der Waals surface area contributed by atoms with Crippen molar-refractivity contribution in [3.05, 3.63) is 12.2 Å². The lowest BCUT2D eigenvalue weighted by Gasteiger charge is -2.19. The molecule has 14 heavy (non-hydrogen) atoms. The zero-order chi connectivity index (χ0) is 11.1. The summed E-state index contributed by atoms with van der Waals surface area (Å²) in [6, 6.07) is 0. The topological polar surface area (TPSA) is 20.2 Å². The zero-order valence-electron chi connectivity index (χ0n) is 9.92. The average Bonchev–Trinajstić information content (AvgIpc) is 2.09. The molecule has 84 valence electrons. The van der Waals surface area contributed by atoms with E-state index in [1.54, 1.807) is 0 Å². The SMILES string of the molecule is C=C(CSC(C)C)C(CO)CC(C)C. The Bertz CT molecular complexity index is 164. The summed E-state index contributed by atoms with van der Waals surface area (Å²) in [4.78, 5) is 0. The lowest BCUT2D eigenvalue weighted by Crippen LogP contribution is -2.13. The Morgan fingerprint density at radius 1 is 1.29 bits per heavy atom. The van der Waals surface area contributed by atoms with Gasteiger partial charge in [-0.2, -0.15) is 11.8 Å². The van der Waals surface area contributed by atoms with E-state index >= 15 is 0 Å². The van der Waals surface area contributed by atoms with Gasteiger partial charge in [0.15, 0.2) is 0 Å². The summed E-state index contributed by atoms with van der Waals surface area (Å²) in [7, 11) is 0. The Morgan fingerprint density at radius 3 is 2.21 bits per heavy atom. The highest BCUT2D eigenvalue weighted by Crippen LogP contribution is 2.23. The number of rotatable bonds is 7. The van der Waals surface area contributed by atoms with Crippen molar-refractivity contribution in [2.45, 2.75) is 39.4 Å². The smallest absolute Gasteiger partial charge is 0.0496 e. The molecule has 0 spiro atoms. The Balaban J connectivity index is 3.92. The third kappa shape index (κ3) is 6.50. The lowest BCUT2D eigenvalue weighted by atomic mass is 9.92. The maximum absolute atomic E-state index is 9.24. The van der Waals surface area contributed by atoms with E-state index in [0.717, 1.165) is 12.2 Å². The van der Waals surface area contributed by atoms with E-state index in [0.29, 0.717) is 17.1 Å². The van der Waals surface area contributed by atoms with Crippen LogP contribution in [0.1, 0.15) is 34.1 Å². The maximum Gasteiger partial charge on any atom is 0.0496 e. The van der Waals surface area contributed by atoms with Crippen LogP contribution in [0.25, 0.3) is 0 Å². The van der Waals surface area contributed by atoms with Gasteiger partial charge in [0.2, 0.25) is 0 Å². The largest absolute Gasteiger partial charge is 0.396 e. The van der Waals surface area contributed by atoms with Gasteiger partial charge in [-0.1, -0.05) is 39.8 Å². The van der Waals surface area contributed by atoms with Gasteiger partial charge in [0.25, 0.3) is 0 Å². The maximum atomic E-state index is 9.24. The van der Waals surface area contributed by atoms with Gasteiger partial charge in [-0.3, -0.25) is 0 Å². The van der Waals surface area contributed by atoms with Crippen LogP contribution in [0.4, 0.5) is 0 Å². The predicted octanol–water partition coefficient (Wildman–Crippen LogP) is 3.34. The van der Waals surface area contributed by atoms with Gasteiger partial charge in [-0.15, -0.1) is 0 Å². The Morgan fingerprint density at radius 2 is 1.86 bits per heavy atom. The van der Waals surface area contributed by atoms with Crippen LogP contribution < -0.4 is 0 Å². The van der Waals surface area contributed by atoms with Crippen molar-refractivity contribution < 1.29 is 5.11 Å². The minimum absolute atomic E-state index is 0.246. The van der Waals surface area contributed by atoms with E-state index < -0.39 is 0 Å². The van der Waals surface area contributed by atoms with E-state index in [-0.39, 0.29) is 6.61 Å². The van der Waals surface area contributed by atoms with Crippen molar-refractivity contribution in [1.82, 2.24) is 0 Å². The minimum Gasteiger partial charge on any atom is -0.396 e. The third-order valence-corrected chi connectivity index (χ3v) is 3.36. The molecule has 0 aliphatic carbocycles. The summed E-state index contributed by atoms with van der Waals surface area (Å²) in [5.74, 6) is 1.91. The molecule has 0 amide bonds. The molecule has 0 bridgehead atoms. The van der Waals surface area contributed by atoms with Crippen LogP contribution in [0.2, 0.25) is 0 Å². The molecule has 0 rings (SSSR count). The molecule has 0 fully saturated rings. The zero-order valence-corrected chi connectivity index (χ0v) is 10.7. The third-order valence-electron chi connectivity index (χ3n) is 2.16. The minimum atomic E-state index is 0.246. The van der Waals surface area contributed by atoms with Crippen LogP contribution in [-0.2, 0) is 0 Å². The molecule has 1 unspecified atom stereocenters. The van der Waals surface area contributed by atoms with Crippen molar-refractivity contribution in [2.75, 3.05) is 12.4 Å². The van der Waals surface area contributed by atoms with Gasteiger partial charge in [-0.05, 0) is 17.6 Å². The van der Waals surface area contributed by atoms with Crippen molar-refractivity contribution in [1.29, 1.82) is 0 Å². The van der Waals surface area contributed by atoms with E-state index in [1.807, 2.05) is 11.8 Å². The van der Waals surface area contributed by atoms with Crippen LogP contribution in [0, 0.1) is 11.8 Å². The Kier molecular flexibility index (Phi) is 7.38.